The number of nitro groups is 1. The summed E-state index contributed by atoms with van der Waals surface area (Å²) in [6.07, 6.45) is 1.45. The lowest BCUT2D eigenvalue weighted by molar-refractivity contribution is -0.385. The highest BCUT2D eigenvalue weighted by molar-refractivity contribution is 7.85. The van der Waals surface area contributed by atoms with Crippen LogP contribution in [0.25, 0.3) is 0 Å². The number of hydrogen-bond donors (Lipinski definition) is 2. The minimum absolute atomic E-state index is 0.0603. The first kappa shape index (κ1) is 15.6. The van der Waals surface area contributed by atoms with Gasteiger partial charge in [0.15, 0.2) is 0 Å². The van der Waals surface area contributed by atoms with Crippen molar-refractivity contribution in [1.82, 2.24) is 9.97 Å². The quantitative estimate of drug-likeness (QED) is 0.625. The second-order valence-corrected chi connectivity index (χ2v) is 6.58. The van der Waals surface area contributed by atoms with Crippen molar-refractivity contribution in [2.24, 2.45) is 0 Å². The largest absolute Gasteiger partial charge is 0.361 e. The summed E-state index contributed by atoms with van der Waals surface area (Å²) in [5, 5.41) is 17.3. The number of aryl methyl sites for hydroxylation is 1. The van der Waals surface area contributed by atoms with Gasteiger partial charge in [-0.05, 0) is 26.7 Å². The first-order valence-electron chi connectivity index (χ1n) is 6.89. The van der Waals surface area contributed by atoms with Crippen LogP contribution < -0.4 is 10.6 Å². The van der Waals surface area contributed by atoms with Crippen molar-refractivity contribution in [1.29, 1.82) is 0 Å². The summed E-state index contributed by atoms with van der Waals surface area (Å²) < 4.78 is 11.4. The monoisotopic (exact) mass is 313 g/mol. The number of nitrogens with zero attached hydrogens (tertiary/aromatic N) is 3. The molecule has 1 aliphatic heterocycles. The Kier molecular flexibility index (Phi) is 5.05. The van der Waals surface area contributed by atoms with E-state index in [1.54, 1.807) is 6.92 Å². The second kappa shape index (κ2) is 6.79. The molecule has 0 atom stereocenters. The lowest BCUT2D eigenvalue weighted by atomic mass is 10.1. The van der Waals surface area contributed by atoms with Crippen molar-refractivity contribution in [2.75, 3.05) is 28.7 Å². The number of aromatic nitrogens is 2. The number of rotatable bonds is 5. The molecule has 1 aromatic heterocycles. The average molecular weight is 313 g/mol. The van der Waals surface area contributed by atoms with E-state index < -0.39 is 15.7 Å². The minimum Gasteiger partial charge on any atom is -0.361 e. The summed E-state index contributed by atoms with van der Waals surface area (Å²) in [4.78, 5) is 19.1. The fraction of sp³-hybridized carbons (Fsp3) is 0.667. The van der Waals surface area contributed by atoms with E-state index in [9.17, 15) is 14.3 Å². The summed E-state index contributed by atoms with van der Waals surface area (Å²) in [7, 11) is -0.764. The first-order valence-corrected chi connectivity index (χ1v) is 8.38. The van der Waals surface area contributed by atoms with E-state index in [2.05, 4.69) is 20.6 Å². The zero-order chi connectivity index (χ0) is 15.4. The van der Waals surface area contributed by atoms with E-state index in [1.807, 2.05) is 6.92 Å². The second-order valence-electron chi connectivity index (χ2n) is 4.88. The van der Waals surface area contributed by atoms with Crippen molar-refractivity contribution in [3.8, 4) is 0 Å². The molecule has 0 amide bonds. The molecule has 0 saturated carbocycles. The molecule has 0 bridgehead atoms. The normalized spacial score (nSPS) is 21.8. The van der Waals surface area contributed by atoms with E-state index in [-0.39, 0.29) is 17.5 Å². The summed E-state index contributed by atoms with van der Waals surface area (Å²) in [5.41, 5.74) is 0.233. The Labute approximate surface area is 125 Å². The molecule has 2 N–H and O–H groups in total. The van der Waals surface area contributed by atoms with Crippen LogP contribution in [-0.4, -0.2) is 43.2 Å². The van der Waals surface area contributed by atoms with Gasteiger partial charge in [0.05, 0.1) is 4.92 Å². The van der Waals surface area contributed by atoms with Gasteiger partial charge in [-0.15, -0.1) is 0 Å². The molecule has 1 fully saturated rings. The molecule has 0 aromatic carbocycles. The molecule has 0 unspecified atom stereocenters. The Hall–Kier alpha value is -1.77. The van der Waals surface area contributed by atoms with E-state index in [0.717, 1.165) is 12.8 Å². The fourth-order valence-electron chi connectivity index (χ4n) is 2.25. The van der Waals surface area contributed by atoms with Gasteiger partial charge in [-0.3, -0.25) is 14.3 Å². The van der Waals surface area contributed by atoms with Crippen LogP contribution >= 0.6 is 0 Å². The lowest BCUT2D eigenvalue weighted by Crippen LogP contribution is -2.30. The first-order chi connectivity index (χ1) is 10.0. The maximum atomic E-state index is 11.4. The van der Waals surface area contributed by atoms with Gasteiger partial charge in [-0.2, -0.15) is 4.98 Å². The molecule has 116 valence electrons. The Morgan fingerprint density at radius 1 is 1.38 bits per heavy atom. The third-order valence-electron chi connectivity index (χ3n) is 3.30. The molecular weight excluding hydrogens is 294 g/mol. The topological polar surface area (TPSA) is 110 Å². The third kappa shape index (κ3) is 3.87. The summed E-state index contributed by atoms with van der Waals surface area (Å²) >= 11 is 0. The van der Waals surface area contributed by atoms with Crippen molar-refractivity contribution in [3.05, 3.63) is 15.8 Å². The van der Waals surface area contributed by atoms with Crippen LogP contribution in [0.2, 0.25) is 0 Å². The Bertz CT molecular complexity index is 556. The molecule has 2 rings (SSSR count). The van der Waals surface area contributed by atoms with Crippen LogP contribution in [-0.2, 0) is 10.8 Å². The molecule has 0 radical (unpaired) electrons. The summed E-state index contributed by atoms with van der Waals surface area (Å²) in [6.45, 7) is 4.14. The molecule has 1 aromatic rings. The van der Waals surface area contributed by atoms with Gasteiger partial charge in [0, 0.05) is 34.9 Å². The predicted octanol–water partition coefficient (Wildman–Crippen LogP) is 1.45. The molecule has 2 heterocycles. The molecule has 1 aliphatic rings. The van der Waals surface area contributed by atoms with Gasteiger partial charge in [0.2, 0.25) is 11.8 Å². The Balaban J connectivity index is 2.26. The van der Waals surface area contributed by atoms with Crippen molar-refractivity contribution in [2.45, 2.75) is 32.7 Å². The SMILES string of the molecule is CCNc1nc(C)c([N+](=O)[O-])c(NC2CCS(=O)CC2)n1. The molecular formula is C12H19N5O3S. The molecule has 8 nitrogen and oxygen atoms in total. The van der Waals surface area contributed by atoms with E-state index in [0.29, 0.717) is 29.7 Å². The van der Waals surface area contributed by atoms with Gasteiger partial charge in [-0.1, -0.05) is 0 Å². The van der Waals surface area contributed by atoms with Gasteiger partial charge in [0.25, 0.3) is 0 Å². The molecule has 0 spiro atoms. The van der Waals surface area contributed by atoms with Gasteiger partial charge in [0.1, 0.15) is 5.69 Å². The molecule has 0 aliphatic carbocycles. The van der Waals surface area contributed by atoms with Crippen molar-refractivity contribution < 1.29 is 9.13 Å². The number of nitrogens with one attached hydrogen (secondary N) is 2. The Morgan fingerprint density at radius 2 is 2.05 bits per heavy atom. The van der Waals surface area contributed by atoms with Crippen molar-refractivity contribution >= 4 is 28.3 Å². The predicted molar refractivity (Wildman–Crippen MR) is 82.1 cm³/mol. The van der Waals surface area contributed by atoms with Crippen LogP contribution in [0.15, 0.2) is 0 Å². The molecule has 9 heteroatoms. The minimum atomic E-state index is -0.764. The average Bonchev–Trinajstić information content (AvgIpc) is 2.41. The zero-order valence-corrected chi connectivity index (χ0v) is 12.9. The van der Waals surface area contributed by atoms with Gasteiger partial charge in [-0.25, -0.2) is 4.98 Å². The zero-order valence-electron chi connectivity index (χ0n) is 12.1. The van der Waals surface area contributed by atoms with E-state index in [4.69, 9.17) is 0 Å². The van der Waals surface area contributed by atoms with Crippen LogP contribution in [0, 0.1) is 17.0 Å². The van der Waals surface area contributed by atoms with E-state index in [1.165, 1.54) is 0 Å². The highest BCUT2D eigenvalue weighted by Crippen LogP contribution is 2.28. The summed E-state index contributed by atoms with van der Waals surface area (Å²) in [6, 6.07) is 0.0603. The van der Waals surface area contributed by atoms with Crippen LogP contribution in [0.3, 0.4) is 0 Å². The number of anilines is 2. The number of hydrogen-bond acceptors (Lipinski definition) is 7. The standard InChI is InChI=1S/C12H19N5O3S/c1-3-13-12-14-8(2)10(17(18)19)11(16-12)15-9-4-6-21(20)7-5-9/h9H,3-7H2,1-2H3,(H2,13,14,15,16). The summed E-state index contributed by atoms with van der Waals surface area (Å²) in [5.74, 6) is 1.86. The Morgan fingerprint density at radius 3 is 2.62 bits per heavy atom. The fourth-order valence-corrected chi connectivity index (χ4v) is 3.55. The smallest absolute Gasteiger partial charge is 0.332 e. The molecule has 21 heavy (non-hydrogen) atoms. The maximum absolute atomic E-state index is 11.4. The third-order valence-corrected chi connectivity index (χ3v) is 4.69. The van der Waals surface area contributed by atoms with Gasteiger partial charge < -0.3 is 10.6 Å². The van der Waals surface area contributed by atoms with Crippen LogP contribution in [0.4, 0.5) is 17.5 Å². The van der Waals surface area contributed by atoms with Crippen molar-refractivity contribution in [3.63, 3.8) is 0 Å². The maximum Gasteiger partial charge on any atom is 0.332 e. The van der Waals surface area contributed by atoms with Gasteiger partial charge >= 0.3 is 5.69 Å². The highest BCUT2D eigenvalue weighted by Gasteiger charge is 2.26. The lowest BCUT2D eigenvalue weighted by Gasteiger charge is -2.23. The van der Waals surface area contributed by atoms with Crippen LogP contribution in [0.5, 0.6) is 0 Å². The molecule has 1 saturated heterocycles. The van der Waals surface area contributed by atoms with Crippen LogP contribution in [0.1, 0.15) is 25.5 Å². The van der Waals surface area contributed by atoms with E-state index >= 15 is 0 Å². The highest BCUT2D eigenvalue weighted by atomic mass is 32.2.